The third-order valence-electron chi connectivity index (χ3n) is 4.93. The largest absolute Gasteiger partial charge is 0.340 e. The Kier molecular flexibility index (Phi) is 3.96. The molecule has 0 bridgehead atoms. The van der Waals surface area contributed by atoms with Gasteiger partial charge in [-0.05, 0) is 18.9 Å². The number of carbonyl (C=O) groups excluding carboxylic acids is 1. The summed E-state index contributed by atoms with van der Waals surface area (Å²) in [7, 11) is 0. The molecule has 126 valence electrons. The van der Waals surface area contributed by atoms with E-state index in [9.17, 15) is 4.79 Å². The quantitative estimate of drug-likeness (QED) is 0.848. The number of rotatable bonds is 4. The van der Waals surface area contributed by atoms with Crippen LogP contribution >= 0.6 is 11.3 Å². The van der Waals surface area contributed by atoms with Gasteiger partial charge in [0.25, 0.3) is 0 Å². The lowest BCUT2D eigenvalue weighted by Crippen LogP contribution is -2.33. The molecule has 0 N–H and O–H groups in total. The van der Waals surface area contributed by atoms with Crippen molar-refractivity contribution in [1.29, 1.82) is 0 Å². The Morgan fingerprint density at radius 2 is 2.04 bits per heavy atom. The van der Waals surface area contributed by atoms with Crippen molar-refractivity contribution < 1.29 is 4.79 Å². The van der Waals surface area contributed by atoms with E-state index >= 15 is 0 Å². The maximum absolute atomic E-state index is 12.7. The minimum absolute atomic E-state index is 0.0687. The molecule has 2 aromatic heterocycles. The van der Waals surface area contributed by atoms with Gasteiger partial charge in [-0.1, -0.05) is 6.92 Å². The van der Waals surface area contributed by atoms with Gasteiger partial charge in [-0.3, -0.25) is 4.79 Å². The number of carbonyl (C=O) groups is 1. The smallest absolute Gasteiger partial charge is 0.228 e. The molecule has 2 fully saturated rings. The fourth-order valence-corrected chi connectivity index (χ4v) is 4.22. The second-order valence-electron chi connectivity index (χ2n) is 6.59. The average Bonchev–Trinajstić information content (AvgIpc) is 3.26. The lowest BCUT2D eigenvalue weighted by molar-refractivity contribution is -0.131. The first kappa shape index (κ1) is 15.5. The van der Waals surface area contributed by atoms with E-state index in [0.717, 1.165) is 48.3 Å². The van der Waals surface area contributed by atoms with Gasteiger partial charge in [-0.25, -0.2) is 15.0 Å². The van der Waals surface area contributed by atoms with Crippen molar-refractivity contribution in [2.24, 2.45) is 11.8 Å². The van der Waals surface area contributed by atoms with Crippen LogP contribution in [0.25, 0.3) is 0 Å². The van der Waals surface area contributed by atoms with Gasteiger partial charge in [0, 0.05) is 43.3 Å². The van der Waals surface area contributed by atoms with Crippen molar-refractivity contribution in [2.75, 3.05) is 24.5 Å². The van der Waals surface area contributed by atoms with Crippen LogP contribution in [0, 0.1) is 18.8 Å². The van der Waals surface area contributed by atoms with E-state index in [4.69, 9.17) is 0 Å². The van der Waals surface area contributed by atoms with E-state index in [1.807, 2.05) is 29.6 Å². The number of likely N-dealkylation sites (tertiary alicyclic amines) is 1. The lowest BCUT2D eigenvalue weighted by atomic mass is 10.0. The minimum Gasteiger partial charge on any atom is -0.340 e. The topological polar surface area (TPSA) is 62.2 Å². The maximum Gasteiger partial charge on any atom is 0.228 e. The molecule has 2 saturated heterocycles. The molecule has 4 rings (SSSR count). The first-order valence-electron chi connectivity index (χ1n) is 8.39. The molecule has 2 aliphatic rings. The fourth-order valence-electron chi connectivity index (χ4n) is 3.62. The van der Waals surface area contributed by atoms with E-state index < -0.39 is 0 Å². The number of aromatic nitrogens is 3. The van der Waals surface area contributed by atoms with Crippen molar-refractivity contribution in [2.45, 2.75) is 26.8 Å². The van der Waals surface area contributed by atoms with Gasteiger partial charge in [0.15, 0.2) is 0 Å². The Morgan fingerprint density at radius 1 is 1.25 bits per heavy atom. The van der Waals surface area contributed by atoms with Crippen molar-refractivity contribution in [1.82, 2.24) is 19.9 Å². The molecule has 0 radical (unpaired) electrons. The van der Waals surface area contributed by atoms with Crippen molar-refractivity contribution in [3.63, 3.8) is 0 Å². The van der Waals surface area contributed by atoms with Crippen LogP contribution in [0.15, 0.2) is 17.8 Å². The zero-order valence-electron chi connectivity index (χ0n) is 14.0. The Bertz CT molecular complexity index is 744. The van der Waals surface area contributed by atoms with Crippen LogP contribution in [0.4, 0.5) is 5.95 Å². The van der Waals surface area contributed by atoms with Gasteiger partial charge >= 0.3 is 0 Å². The molecule has 0 aliphatic carbocycles. The summed E-state index contributed by atoms with van der Waals surface area (Å²) in [4.78, 5) is 30.2. The molecule has 0 unspecified atom stereocenters. The molecule has 1 amide bonds. The van der Waals surface area contributed by atoms with Crippen molar-refractivity contribution in [3.8, 4) is 0 Å². The Hall–Kier alpha value is -2.02. The number of amides is 1. The van der Waals surface area contributed by atoms with E-state index in [1.165, 1.54) is 0 Å². The molecule has 6 nitrogen and oxygen atoms in total. The molecule has 2 aromatic rings. The summed E-state index contributed by atoms with van der Waals surface area (Å²) >= 11 is 1.64. The molecule has 7 heteroatoms. The molecule has 0 saturated carbocycles. The summed E-state index contributed by atoms with van der Waals surface area (Å²) in [5.41, 5.74) is 2.14. The van der Waals surface area contributed by atoms with E-state index in [1.54, 1.807) is 11.3 Å². The van der Waals surface area contributed by atoms with Crippen LogP contribution in [0.1, 0.15) is 23.2 Å². The minimum atomic E-state index is 0.0687. The monoisotopic (exact) mass is 343 g/mol. The highest BCUT2D eigenvalue weighted by molar-refractivity contribution is 7.09. The van der Waals surface area contributed by atoms with Gasteiger partial charge in [0.05, 0.1) is 23.2 Å². The molecule has 24 heavy (non-hydrogen) atoms. The Morgan fingerprint density at radius 3 is 2.67 bits per heavy atom. The first-order chi connectivity index (χ1) is 11.6. The molecular formula is C17H21N5OS. The molecular weight excluding hydrogens is 322 g/mol. The van der Waals surface area contributed by atoms with E-state index in [2.05, 4.69) is 26.8 Å². The number of hydrogen-bond donors (Lipinski definition) is 0. The SMILES string of the molecule is CCc1cnc(N2C[C@H]3CN(Cc4csc(C)n4)C(=O)[C@H]3C2)nc1. The summed E-state index contributed by atoms with van der Waals surface area (Å²) in [5, 5.41) is 3.10. The standard InChI is InChI=1S/C17H21N5OS/c1-3-12-4-18-17(19-5-12)22-7-13-6-21(16(23)15(13)9-22)8-14-10-24-11(2)20-14/h4-5,10,13,15H,3,6-9H2,1-2H3/t13-,15+/m1/s1. The molecule has 0 aromatic carbocycles. The predicted molar refractivity (Wildman–Crippen MR) is 92.9 cm³/mol. The number of nitrogens with zero attached hydrogens (tertiary/aromatic N) is 5. The van der Waals surface area contributed by atoms with Gasteiger partial charge in [-0.2, -0.15) is 0 Å². The zero-order chi connectivity index (χ0) is 16.7. The summed E-state index contributed by atoms with van der Waals surface area (Å²) < 4.78 is 0. The number of fused-ring (bicyclic) bond motifs is 1. The number of thiazole rings is 1. The second-order valence-corrected chi connectivity index (χ2v) is 7.66. The fraction of sp³-hybridized carbons (Fsp3) is 0.529. The van der Waals surface area contributed by atoms with Crippen molar-refractivity contribution in [3.05, 3.63) is 34.0 Å². The summed E-state index contributed by atoms with van der Waals surface area (Å²) in [5.74, 6) is 1.43. The highest BCUT2D eigenvalue weighted by Gasteiger charge is 2.46. The summed E-state index contributed by atoms with van der Waals surface area (Å²) in [6, 6.07) is 0. The molecule has 4 heterocycles. The predicted octanol–water partition coefficient (Wildman–Crippen LogP) is 1.90. The van der Waals surface area contributed by atoms with Crippen LogP contribution in [0.5, 0.6) is 0 Å². The normalized spacial score (nSPS) is 23.2. The van der Waals surface area contributed by atoms with Crippen LogP contribution in [0.2, 0.25) is 0 Å². The first-order valence-corrected chi connectivity index (χ1v) is 9.27. The van der Waals surface area contributed by atoms with E-state index in [0.29, 0.717) is 12.5 Å². The number of anilines is 1. The third kappa shape index (κ3) is 2.77. The number of aryl methyl sites for hydroxylation is 2. The van der Waals surface area contributed by atoms with Crippen LogP contribution in [0.3, 0.4) is 0 Å². The van der Waals surface area contributed by atoms with Gasteiger partial charge in [0.2, 0.25) is 11.9 Å². The third-order valence-corrected chi connectivity index (χ3v) is 5.75. The lowest BCUT2D eigenvalue weighted by Gasteiger charge is -2.21. The van der Waals surface area contributed by atoms with Gasteiger partial charge in [0.1, 0.15) is 0 Å². The van der Waals surface area contributed by atoms with Gasteiger partial charge in [-0.15, -0.1) is 11.3 Å². The molecule has 2 atom stereocenters. The van der Waals surface area contributed by atoms with Crippen LogP contribution in [-0.4, -0.2) is 45.4 Å². The molecule has 2 aliphatic heterocycles. The zero-order valence-corrected chi connectivity index (χ0v) is 14.8. The van der Waals surface area contributed by atoms with Crippen LogP contribution < -0.4 is 4.90 Å². The van der Waals surface area contributed by atoms with Crippen LogP contribution in [-0.2, 0) is 17.8 Å². The molecule has 0 spiro atoms. The van der Waals surface area contributed by atoms with Gasteiger partial charge < -0.3 is 9.80 Å². The second kappa shape index (κ2) is 6.12. The number of hydrogen-bond acceptors (Lipinski definition) is 6. The summed E-state index contributed by atoms with van der Waals surface area (Å²) in [6.07, 6.45) is 4.71. The highest BCUT2D eigenvalue weighted by Crippen LogP contribution is 2.34. The average molecular weight is 343 g/mol. The van der Waals surface area contributed by atoms with E-state index in [-0.39, 0.29) is 11.8 Å². The Balaban J connectivity index is 1.42. The Labute approximate surface area is 145 Å². The van der Waals surface area contributed by atoms with Crippen molar-refractivity contribution >= 4 is 23.2 Å². The summed E-state index contributed by atoms with van der Waals surface area (Å²) in [6.45, 7) is 7.11. The highest BCUT2D eigenvalue weighted by atomic mass is 32.1. The maximum atomic E-state index is 12.7.